The number of hydrogen-bond donors (Lipinski definition) is 3. The second-order valence-electron chi connectivity index (χ2n) is 8.17. The van der Waals surface area contributed by atoms with Gasteiger partial charge in [-0.1, -0.05) is 18.2 Å². The Labute approximate surface area is 189 Å². The largest absolute Gasteiger partial charge is 0.489 e. The first-order valence-corrected chi connectivity index (χ1v) is 10.5. The molecule has 2 aliphatic heterocycles. The highest BCUT2D eigenvalue weighted by Gasteiger charge is 2.56. The van der Waals surface area contributed by atoms with Crippen LogP contribution < -0.4 is 20.7 Å². The normalized spacial score (nSPS) is 21.8. The first-order chi connectivity index (χ1) is 15.9. The average Bonchev–Trinajstić information content (AvgIpc) is 3.33. The van der Waals surface area contributed by atoms with Gasteiger partial charge in [0.15, 0.2) is 5.54 Å². The Morgan fingerprint density at radius 1 is 1.21 bits per heavy atom. The Balaban J connectivity index is 1.25. The number of amides is 4. The van der Waals surface area contributed by atoms with Gasteiger partial charge < -0.3 is 20.1 Å². The first-order valence-electron chi connectivity index (χ1n) is 10.5. The van der Waals surface area contributed by atoms with Crippen LogP contribution in [0.15, 0.2) is 54.6 Å². The van der Waals surface area contributed by atoms with Crippen LogP contribution in [0.4, 0.5) is 4.79 Å². The van der Waals surface area contributed by atoms with Gasteiger partial charge in [0.2, 0.25) is 0 Å². The highest BCUT2D eigenvalue weighted by atomic mass is 16.5. The fraction of sp³-hybridized carbons (Fsp3) is 0.250. The van der Waals surface area contributed by atoms with Crippen LogP contribution in [0.25, 0.3) is 10.9 Å². The van der Waals surface area contributed by atoms with Crippen molar-refractivity contribution in [2.24, 2.45) is 0 Å². The molecule has 33 heavy (non-hydrogen) atoms. The molecule has 2 saturated heterocycles. The lowest BCUT2D eigenvalue weighted by Crippen LogP contribution is -2.62. The van der Waals surface area contributed by atoms with Crippen molar-refractivity contribution in [3.8, 4) is 5.75 Å². The van der Waals surface area contributed by atoms with E-state index in [-0.39, 0.29) is 19.1 Å². The summed E-state index contributed by atoms with van der Waals surface area (Å²) in [4.78, 5) is 41.1. The molecule has 0 saturated carbocycles. The van der Waals surface area contributed by atoms with Gasteiger partial charge in [-0.05, 0) is 43.3 Å². The van der Waals surface area contributed by atoms with E-state index >= 15 is 0 Å². The van der Waals surface area contributed by atoms with E-state index in [2.05, 4.69) is 20.9 Å². The van der Waals surface area contributed by atoms with Crippen LogP contribution in [0.1, 0.15) is 21.6 Å². The van der Waals surface area contributed by atoms with Crippen LogP contribution in [0.3, 0.4) is 0 Å². The summed E-state index contributed by atoms with van der Waals surface area (Å²) in [5.74, 6) is -0.257. The number of benzene rings is 2. The fourth-order valence-electron chi connectivity index (χ4n) is 4.22. The predicted molar refractivity (Wildman–Crippen MR) is 119 cm³/mol. The number of carbonyl (C=O) groups is 3. The molecular formula is C24H22N4O5. The summed E-state index contributed by atoms with van der Waals surface area (Å²) in [6.07, 6.45) is 0. The number of fused-ring (bicyclic) bond motifs is 1. The lowest BCUT2D eigenvalue weighted by Gasteiger charge is -2.26. The Hall–Kier alpha value is -3.98. The second kappa shape index (κ2) is 8.18. The molecule has 0 radical (unpaired) electrons. The van der Waals surface area contributed by atoms with Crippen LogP contribution in [0.2, 0.25) is 0 Å². The van der Waals surface area contributed by atoms with Crippen LogP contribution in [0, 0.1) is 6.92 Å². The monoisotopic (exact) mass is 446 g/mol. The van der Waals surface area contributed by atoms with Crippen LogP contribution in [-0.4, -0.2) is 47.6 Å². The molecule has 2 aliphatic rings. The quantitative estimate of drug-likeness (QED) is 0.515. The molecule has 2 atom stereocenters. The van der Waals surface area contributed by atoms with E-state index in [1.807, 2.05) is 37.3 Å². The number of para-hydroxylation sites is 1. The zero-order valence-corrected chi connectivity index (χ0v) is 17.9. The summed E-state index contributed by atoms with van der Waals surface area (Å²) in [5.41, 5.74) is 1.99. The van der Waals surface area contributed by atoms with E-state index < -0.39 is 23.5 Å². The Morgan fingerprint density at radius 2 is 2.00 bits per heavy atom. The highest BCUT2D eigenvalue weighted by Crippen LogP contribution is 2.24. The van der Waals surface area contributed by atoms with Gasteiger partial charge >= 0.3 is 6.03 Å². The van der Waals surface area contributed by atoms with E-state index in [1.165, 1.54) is 0 Å². The van der Waals surface area contributed by atoms with E-state index in [0.717, 1.165) is 22.2 Å². The average molecular weight is 446 g/mol. The smallest absolute Gasteiger partial charge is 0.322 e. The minimum Gasteiger partial charge on any atom is -0.489 e. The Kier molecular flexibility index (Phi) is 5.18. The number of aromatic nitrogens is 1. The predicted octanol–water partition coefficient (Wildman–Crippen LogP) is 1.83. The van der Waals surface area contributed by atoms with Gasteiger partial charge in [0.1, 0.15) is 12.4 Å². The van der Waals surface area contributed by atoms with Crippen molar-refractivity contribution >= 4 is 28.7 Å². The summed E-state index contributed by atoms with van der Waals surface area (Å²) in [6.45, 7) is 2.45. The van der Waals surface area contributed by atoms with Gasteiger partial charge in [0.05, 0.1) is 24.8 Å². The number of ether oxygens (including phenoxy) is 2. The van der Waals surface area contributed by atoms with E-state index in [1.54, 1.807) is 24.3 Å². The molecule has 3 N–H and O–H groups in total. The van der Waals surface area contributed by atoms with Gasteiger partial charge in [-0.25, -0.2) is 4.79 Å². The zero-order chi connectivity index (χ0) is 23.0. The standard InChI is InChI=1S/C24H22N4O5/c1-14-10-16(18-4-2-3-5-19(18)25-14)11-33-17-8-6-15(7-9-17)21(29)26-20-12-32-13-24(20)22(30)27-23(31)28-24/h2-10,20H,11-13H2,1H3,(H,26,29)(H2,27,28,30,31). The molecular weight excluding hydrogens is 424 g/mol. The van der Waals surface area contributed by atoms with Gasteiger partial charge in [-0.15, -0.1) is 0 Å². The molecule has 2 aromatic carbocycles. The number of urea groups is 1. The molecule has 2 unspecified atom stereocenters. The van der Waals surface area contributed by atoms with E-state index in [9.17, 15) is 14.4 Å². The summed E-state index contributed by atoms with van der Waals surface area (Å²) >= 11 is 0. The summed E-state index contributed by atoms with van der Waals surface area (Å²) < 4.78 is 11.3. The molecule has 168 valence electrons. The number of nitrogens with one attached hydrogen (secondary N) is 3. The molecule has 5 rings (SSSR count). The minimum absolute atomic E-state index is 0.00542. The molecule has 9 nitrogen and oxygen atoms in total. The van der Waals surface area contributed by atoms with E-state index in [4.69, 9.17) is 9.47 Å². The van der Waals surface area contributed by atoms with E-state index in [0.29, 0.717) is 17.9 Å². The molecule has 3 heterocycles. The number of rotatable bonds is 5. The first kappa shape index (κ1) is 20.9. The van der Waals surface area contributed by atoms with Crippen LogP contribution in [-0.2, 0) is 16.1 Å². The number of carbonyl (C=O) groups excluding carboxylic acids is 3. The van der Waals surface area contributed by atoms with Gasteiger partial charge in [-0.2, -0.15) is 0 Å². The third kappa shape index (κ3) is 3.87. The fourth-order valence-corrected chi connectivity index (χ4v) is 4.22. The maximum atomic E-state index is 12.7. The van der Waals surface area contributed by atoms with Gasteiger partial charge in [-0.3, -0.25) is 19.9 Å². The Morgan fingerprint density at radius 3 is 2.76 bits per heavy atom. The number of nitrogens with zero attached hydrogens (tertiary/aromatic N) is 1. The maximum absolute atomic E-state index is 12.7. The lowest BCUT2D eigenvalue weighted by atomic mass is 9.93. The van der Waals surface area contributed by atoms with Crippen LogP contribution >= 0.6 is 0 Å². The third-order valence-electron chi connectivity index (χ3n) is 5.92. The van der Waals surface area contributed by atoms with Crippen molar-refractivity contribution in [2.45, 2.75) is 25.1 Å². The van der Waals surface area contributed by atoms with Crippen molar-refractivity contribution in [1.82, 2.24) is 20.9 Å². The highest BCUT2D eigenvalue weighted by molar-refractivity contribution is 6.08. The number of imide groups is 1. The zero-order valence-electron chi connectivity index (χ0n) is 17.9. The molecule has 9 heteroatoms. The molecule has 1 aromatic heterocycles. The number of aryl methyl sites for hydroxylation is 1. The van der Waals surface area contributed by atoms with Crippen molar-refractivity contribution in [2.75, 3.05) is 13.2 Å². The van der Waals surface area contributed by atoms with Crippen LogP contribution in [0.5, 0.6) is 5.75 Å². The van der Waals surface area contributed by atoms with Crippen molar-refractivity contribution < 1.29 is 23.9 Å². The molecule has 2 fully saturated rings. The van der Waals surface area contributed by atoms with Gasteiger partial charge in [0, 0.05) is 22.2 Å². The SMILES string of the molecule is Cc1cc(COc2ccc(C(=O)NC3COCC34NC(=O)NC4=O)cc2)c2ccccc2n1. The topological polar surface area (TPSA) is 119 Å². The number of hydrogen-bond acceptors (Lipinski definition) is 6. The maximum Gasteiger partial charge on any atom is 0.322 e. The second-order valence-corrected chi connectivity index (χ2v) is 8.17. The molecule has 0 bridgehead atoms. The van der Waals surface area contributed by atoms with Crippen molar-refractivity contribution in [3.05, 3.63) is 71.4 Å². The minimum atomic E-state index is -1.28. The van der Waals surface area contributed by atoms with Crippen molar-refractivity contribution in [3.63, 3.8) is 0 Å². The number of pyridine rings is 1. The third-order valence-corrected chi connectivity index (χ3v) is 5.92. The molecule has 1 spiro atoms. The molecule has 0 aliphatic carbocycles. The summed E-state index contributed by atoms with van der Waals surface area (Å²) in [6, 6.07) is 15.4. The Bertz CT molecular complexity index is 1260. The summed E-state index contributed by atoms with van der Waals surface area (Å²) in [7, 11) is 0. The van der Waals surface area contributed by atoms with Gasteiger partial charge in [0.25, 0.3) is 11.8 Å². The molecule has 4 amide bonds. The lowest BCUT2D eigenvalue weighted by molar-refractivity contribution is -0.124. The summed E-state index contributed by atoms with van der Waals surface area (Å²) in [5, 5.41) is 8.61. The molecule has 3 aromatic rings. The van der Waals surface area contributed by atoms with Crippen molar-refractivity contribution in [1.29, 1.82) is 0 Å².